The first-order valence-electron chi connectivity index (χ1n) is 6.62. The molecule has 2 nitrogen and oxygen atoms in total. The highest BCUT2D eigenvalue weighted by Crippen LogP contribution is 2.22. The average molecular weight is 357 g/mol. The Labute approximate surface area is 123 Å². The summed E-state index contributed by atoms with van der Waals surface area (Å²) in [7, 11) is 0. The van der Waals surface area contributed by atoms with E-state index in [1.807, 2.05) is 24.3 Å². The number of halogens is 1. The number of likely N-dealkylation sites (tertiary alicyclic amines) is 1. The van der Waals surface area contributed by atoms with Gasteiger partial charge in [-0.15, -0.1) is 0 Å². The zero-order valence-corrected chi connectivity index (χ0v) is 13.2. The van der Waals surface area contributed by atoms with E-state index in [1.54, 1.807) is 0 Å². The van der Waals surface area contributed by atoms with Gasteiger partial charge in [0.25, 0.3) is 0 Å². The molecule has 1 aliphatic rings. The predicted octanol–water partition coefficient (Wildman–Crippen LogP) is 3.74. The minimum absolute atomic E-state index is 0.243. The number of benzene rings is 1. The normalized spacial score (nSPS) is 25.1. The van der Waals surface area contributed by atoms with Gasteiger partial charge in [-0.2, -0.15) is 0 Å². The highest BCUT2D eigenvalue weighted by molar-refractivity contribution is 14.1. The van der Waals surface area contributed by atoms with Crippen LogP contribution in [0.4, 0.5) is 0 Å². The number of nitrogens with zero attached hydrogens (tertiary/aromatic N) is 1. The predicted molar refractivity (Wildman–Crippen MR) is 83.0 cm³/mol. The van der Waals surface area contributed by atoms with Crippen LogP contribution in [0.15, 0.2) is 24.3 Å². The molecule has 1 aromatic carbocycles. The molecule has 1 heterocycles. The maximum Gasteiger partial charge on any atom is 0.176 e. The fourth-order valence-corrected chi connectivity index (χ4v) is 3.04. The summed E-state index contributed by atoms with van der Waals surface area (Å²) < 4.78 is 1.17. The molecule has 1 aromatic rings. The second kappa shape index (κ2) is 6.15. The molecule has 3 heteroatoms. The van der Waals surface area contributed by atoms with Crippen molar-refractivity contribution >= 4 is 28.4 Å². The summed E-state index contributed by atoms with van der Waals surface area (Å²) in [4.78, 5) is 14.6. The summed E-state index contributed by atoms with van der Waals surface area (Å²) in [5, 5.41) is 0. The van der Waals surface area contributed by atoms with Crippen molar-refractivity contribution in [3.05, 3.63) is 33.4 Å². The molecule has 0 aliphatic carbocycles. The summed E-state index contributed by atoms with van der Waals surface area (Å²) in [6.45, 7) is 5.02. The Kier molecular flexibility index (Phi) is 4.78. The van der Waals surface area contributed by atoms with Crippen molar-refractivity contribution in [2.24, 2.45) is 0 Å². The Hall–Kier alpha value is -0.420. The van der Waals surface area contributed by atoms with Crippen molar-refractivity contribution in [3.63, 3.8) is 0 Å². The number of hydrogen-bond donors (Lipinski definition) is 0. The number of hydrogen-bond acceptors (Lipinski definition) is 2. The Morgan fingerprint density at radius 3 is 2.33 bits per heavy atom. The lowest BCUT2D eigenvalue weighted by Crippen LogP contribution is -2.46. The summed E-state index contributed by atoms with van der Waals surface area (Å²) in [5.41, 5.74) is 0.834. The van der Waals surface area contributed by atoms with E-state index < -0.39 is 0 Å². The van der Waals surface area contributed by atoms with E-state index in [-0.39, 0.29) is 5.78 Å². The summed E-state index contributed by atoms with van der Waals surface area (Å²) in [5.74, 6) is 0.243. The molecule has 0 N–H and O–H groups in total. The van der Waals surface area contributed by atoms with Gasteiger partial charge in [-0.3, -0.25) is 9.69 Å². The van der Waals surface area contributed by atoms with Gasteiger partial charge in [0.15, 0.2) is 5.78 Å². The smallest absolute Gasteiger partial charge is 0.176 e. The van der Waals surface area contributed by atoms with E-state index in [2.05, 4.69) is 41.3 Å². The van der Waals surface area contributed by atoms with E-state index in [9.17, 15) is 4.79 Å². The molecule has 1 saturated heterocycles. The first-order chi connectivity index (χ1) is 8.58. The fourth-order valence-electron chi connectivity index (χ4n) is 2.68. The summed E-state index contributed by atoms with van der Waals surface area (Å²) in [6.07, 6.45) is 3.71. The molecule has 0 bridgehead atoms. The minimum atomic E-state index is 0.243. The maximum absolute atomic E-state index is 12.3. The zero-order valence-electron chi connectivity index (χ0n) is 11.0. The lowest BCUT2D eigenvalue weighted by atomic mass is 9.96. The Morgan fingerprint density at radius 2 is 1.78 bits per heavy atom. The molecule has 0 radical (unpaired) electrons. The van der Waals surface area contributed by atoms with Crippen LogP contribution in [0.1, 0.15) is 43.5 Å². The van der Waals surface area contributed by atoms with Gasteiger partial charge >= 0.3 is 0 Å². The second-order valence-corrected chi connectivity index (χ2v) is 6.48. The van der Waals surface area contributed by atoms with E-state index in [4.69, 9.17) is 0 Å². The summed E-state index contributed by atoms with van der Waals surface area (Å²) in [6, 6.07) is 8.92. The lowest BCUT2D eigenvalue weighted by Gasteiger charge is -2.38. The van der Waals surface area contributed by atoms with E-state index in [1.165, 1.54) is 22.8 Å². The van der Waals surface area contributed by atoms with Crippen molar-refractivity contribution in [2.45, 2.75) is 45.2 Å². The number of piperidine rings is 1. The van der Waals surface area contributed by atoms with Gasteiger partial charge in [0.1, 0.15) is 0 Å². The molecule has 98 valence electrons. The number of carbonyl (C=O) groups is 1. The minimum Gasteiger partial charge on any atom is -0.293 e. The average Bonchev–Trinajstić information content (AvgIpc) is 2.34. The van der Waals surface area contributed by atoms with Crippen molar-refractivity contribution in [1.29, 1.82) is 0 Å². The molecule has 0 aromatic heterocycles. The van der Waals surface area contributed by atoms with Crippen LogP contribution in [-0.4, -0.2) is 29.3 Å². The third-order valence-electron chi connectivity index (χ3n) is 3.87. The Balaban J connectivity index is 2.04. The van der Waals surface area contributed by atoms with Crippen molar-refractivity contribution < 1.29 is 4.79 Å². The second-order valence-electron chi connectivity index (χ2n) is 5.23. The standard InChI is InChI=1S/C15H20INO/c1-11-4-3-5-12(2)17(11)10-15(18)13-6-8-14(16)9-7-13/h6-9,11-12H,3-5,10H2,1-2H3/t11-,12+. The molecule has 0 unspecified atom stereocenters. The Morgan fingerprint density at radius 1 is 1.22 bits per heavy atom. The Bertz CT molecular complexity index is 405. The molecular formula is C15H20INO. The van der Waals surface area contributed by atoms with Crippen LogP contribution in [0.3, 0.4) is 0 Å². The van der Waals surface area contributed by atoms with Crippen LogP contribution in [0.25, 0.3) is 0 Å². The molecule has 1 fully saturated rings. The SMILES string of the molecule is C[C@@H]1CCC[C@H](C)N1CC(=O)c1ccc(I)cc1. The first kappa shape index (κ1) is 14.0. The van der Waals surface area contributed by atoms with Crippen LogP contribution >= 0.6 is 22.6 Å². The van der Waals surface area contributed by atoms with Crippen LogP contribution < -0.4 is 0 Å². The van der Waals surface area contributed by atoms with Crippen molar-refractivity contribution in [3.8, 4) is 0 Å². The highest BCUT2D eigenvalue weighted by Gasteiger charge is 2.26. The van der Waals surface area contributed by atoms with Gasteiger partial charge < -0.3 is 0 Å². The largest absolute Gasteiger partial charge is 0.293 e. The van der Waals surface area contributed by atoms with E-state index in [0.29, 0.717) is 18.6 Å². The molecule has 0 spiro atoms. The molecule has 18 heavy (non-hydrogen) atoms. The molecule has 0 amide bonds. The van der Waals surface area contributed by atoms with Crippen molar-refractivity contribution in [1.82, 2.24) is 4.90 Å². The van der Waals surface area contributed by atoms with Gasteiger partial charge in [-0.05, 0) is 61.4 Å². The third kappa shape index (κ3) is 3.32. The number of Topliss-reactive ketones (excluding diaryl/α,β-unsaturated/α-hetero) is 1. The number of ketones is 1. The van der Waals surface area contributed by atoms with Gasteiger partial charge in [0.05, 0.1) is 6.54 Å². The highest BCUT2D eigenvalue weighted by atomic mass is 127. The number of rotatable bonds is 3. The van der Waals surface area contributed by atoms with Gasteiger partial charge in [0, 0.05) is 21.2 Å². The molecular weight excluding hydrogens is 337 g/mol. The van der Waals surface area contributed by atoms with Gasteiger partial charge in [-0.1, -0.05) is 18.6 Å². The summed E-state index contributed by atoms with van der Waals surface area (Å²) >= 11 is 2.26. The molecule has 2 atom stereocenters. The monoisotopic (exact) mass is 357 g/mol. The van der Waals surface area contributed by atoms with E-state index >= 15 is 0 Å². The number of carbonyl (C=O) groups excluding carboxylic acids is 1. The molecule has 1 aliphatic heterocycles. The third-order valence-corrected chi connectivity index (χ3v) is 4.59. The van der Waals surface area contributed by atoms with Crippen LogP contribution in [0, 0.1) is 3.57 Å². The van der Waals surface area contributed by atoms with Gasteiger partial charge in [0.2, 0.25) is 0 Å². The van der Waals surface area contributed by atoms with Crippen LogP contribution in [0.5, 0.6) is 0 Å². The maximum atomic E-state index is 12.3. The lowest BCUT2D eigenvalue weighted by molar-refractivity contribution is 0.0734. The molecule has 0 saturated carbocycles. The molecule has 2 rings (SSSR count). The quantitative estimate of drug-likeness (QED) is 0.607. The van der Waals surface area contributed by atoms with Crippen LogP contribution in [-0.2, 0) is 0 Å². The van der Waals surface area contributed by atoms with E-state index in [0.717, 1.165) is 5.56 Å². The zero-order chi connectivity index (χ0) is 13.1. The topological polar surface area (TPSA) is 20.3 Å². The van der Waals surface area contributed by atoms with Crippen LogP contribution in [0.2, 0.25) is 0 Å². The van der Waals surface area contributed by atoms with Crippen molar-refractivity contribution in [2.75, 3.05) is 6.54 Å². The first-order valence-corrected chi connectivity index (χ1v) is 7.70. The fraction of sp³-hybridized carbons (Fsp3) is 0.533. The van der Waals surface area contributed by atoms with Gasteiger partial charge in [-0.25, -0.2) is 0 Å².